The van der Waals surface area contributed by atoms with E-state index in [-0.39, 0.29) is 6.04 Å². The summed E-state index contributed by atoms with van der Waals surface area (Å²) in [6, 6.07) is -0.296. The van der Waals surface area contributed by atoms with Gasteiger partial charge in [0.2, 0.25) is 0 Å². The van der Waals surface area contributed by atoms with Crippen molar-refractivity contribution in [2.75, 3.05) is 6.54 Å². The van der Waals surface area contributed by atoms with Crippen LogP contribution in [-0.2, 0) is 0 Å². The summed E-state index contributed by atoms with van der Waals surface area (Å²) in [5, 5.41) is 8.99. The molecule has 6 heteroatoms. The van der Waals surface area contributed by atoms with E-state index in [4.69, 9.17) is 5.11 Å². The van der Waals surface area contributed by atoms with Gasteiger partial charge in [-0.25, -0.2) is 19.7 Å². The van der Waals surface area contributed by atoms with Gasteiger partial charge >= 0.3 is 6.09 Å². The Balaban J connectivity index is 2.27. The molecule has 15 heavy (non-hydrogen) atoms. The monoisotopic (exact) mass is 206 g/mol. The molecule has 0 saturated heterocycles. The molecule has 0 aliphatic carbocycles. The fourth-order valence-corrected chi connectivity index (χ4v) is 1.54. The average Bonchev–Trinajstić information content (AvgIpc) is 2.30. The zero-order chi connectivity index (χ0) is 10.7. The minimum absolute atomic E-state index is 0.296. The van der Waals surface area contributed by atoms with Crippen molar-refractivity contribution in [3.8, 4) is 0 Å². The Morgan fingerprint density at radius 2 is 2.13 bits per heavy atom. The molecular weight excluding hydrogens is 196 g/mol. The summed E-state index contributed by atoms with van der Waals surface area (Å²) in [6.45, 7) is 0.381. The molecule has 1 unspecified atom stereocenters. The lowest BCUT2D eigenvalue weighted by molar-refractivity contribution is 0.126. The molecule has 1 atom stereocenters. The largest absolute Gasteiger partial charge is 0.465 e. The van der Waals surface area contributed by atoms with Crippen LogP contribution in [0, 0.1) is 0 Å². The molecule has 1 aliphatic heterocycles. The zero-order valence-electron chi connectivity index (χ0n) is 7.95. The number of amides is 1. The minimum Gasteiger partial charge on any atom is -0.465 e. The number of nitrogens with zero attached hydrogens (tertiary/aromatic N) is 4. The topological polar surface area (TPSA) is 79.2 Å². The summed E-state index contributed by atoms with van der Waals surface area (Å²) >= 11 is 0. The van der Waals surface area contributed by atoms with Crippen LogP contribution in [0.2, 0.25) is 0 Å². The number of rotatable bonds is 1. The van der Waals surface area contributed by atoms with E-state index in [1.807, 2.05) is 12.2 Å². The smallest absolute Gasteiger partial charge is 0.408 e. The Bertz CT molecular complexity index is 379. The number of carbonyl (C=O) groups is 1. The van der Waals surface area contributed by atoms with Crippen LogP contribution in [0.3, 0.4) is 0 Å². The highest BCUT2D eigenvalue weighted by atomic mass is 16.4. The lowest BCUT2D eigenvalue weighted by Crippen LogP contribution is -2.36. The van der Waals surface area contributed by atoms with Crippen molar-refractivity contribution in [1.29, 1.82) is 0 Å². The predicted molar refractivity (Wildman–Crippen MR) is 51.1 cm³/mol. The van der Waals surface area contributed by atoms with Gasteiger partial charge < -0.3 is 5.11 Å². The van der Waals surface area contributed by atoms with Gasteiger partial charge in [-0.15, -0.1) is 0 Å². The van der Waals surface area contributed by atoms with Crippen molar-refractivity contribution in [2.24, 2.45) is 0 Å². The van der Waals surface area contributed by atoms with E-state index in [0.29, 0.717) is 18.8 Å². The molecule has 1 aromatic rings. The first kappa shape index (κ1) is 9.57. The van der Waals surface area contributed by atoms with Crippen molar-refractivity contribution < 1.29 is 9.90 Å². The van der Waals surface area contributed by atoms with E-state index >= 15 is 0 Å². The van der Waals surface area contributed by atoms with Crippen LogP contribution in [-0.4, -0.2) is 37.6 Å². The number of aromatic nitrogens is 3. The molecule has 0 bridgehead atoms. The van der Waals surface area contributed by atoms with Crippen LogP contribution in [0.1, 0.15) is 18.3 Å². The Labute approximate surface area is 86.3 Å². The molecule has 1 aliphatic rings. The lowest BCUT2D eigenvalue weighted by atomic mass is 10.1. The maximum atomic E-state index is 11.0. The minimum atomic E-state index is -0.954. The third-order valence-electron chi connectivity index (χ3n) is 2.26. The van der Waals surface area contributed by atoms with E-state index in [1.165, 1.54) is 17.6 Å². The summed E-state index contributed by atoms with van der Waals surface area (Å²) in [6.07, 6.45) is 6.17. The van der Waals surface area contributed by atoms with Crippen LogP contribution in [0.15, 0.2) is 24.8 Å². The van der Waals surface area contributed by atoms with Crippen LogP contribution >= 0.6 is 0 Å². The second kappa shape index (κ2) is 4.04. The van der Waals surface area contributed by atoms with Crippen LogP contribution in [0.5, 0.6) is 0 Å². The molecule has 78 valence electrons. The van der Waals surface area contributed by atoms with Crippen molar-refractivity contribution in [2.45, 2.75) is 12.5 Å². The summed E-state index contributed by atoms with van der Waals surface area (Å²) < 4.78 is 0. The first-order valence-electron chi connectivity index (χ1n) is 4.55. The highest BCUT2D eigenvalue weighted by Gasteiger charge is 2.27. The summed E-state index contributed by atoms with van der Waals surface area (Å²) in [5.41, 5.74) is 0. The molecule has 0 saturated carbocycles. The summed E-state index contributed by atoms with van der Waals surface area (Å²) in [4.78, 5) is 23.9. The first-order valence-corrected chi connectivity index (χ1v) is 4.55. The van der Waals surface area contributed by atoms with Gasteiger partial charge in [0.25, 0.3) is 0 Å². The normalized spacial score (nSPS) is 20.3. The van der Waals surface area contributed by atoms with Gasteiger partial charge in [-0.05, 0) is 6.42 Å². The fourth-order valence-electron chi connectivity index (χ4n) is 1.54. The molecular formula is C9H10N4O2. The van der Waals surface area contributed by atoms with Gasteiger partial charge in [-0.3, -0.25) is 4.90 Å². The van der Waals surface area contributed by atoms with Gasteiger partial charge in [0, 0.05) is 6.54 Å². The molecule has 0 radical (unpaired) electrons. The second-order valence-corrected chi connectivity index (χ2v) is 3.15. The van der Waals surface area contributed by atoms with E-state index in [9.17, 15) is 4.79 Å². The fraction of sp³-hybridized carbons (Fsp3) is 0.333. The molecule has 6 nitrogen and oxygen atoms in total. The van der Waals surface area contributed by atoms with E-state index in [2.05, 4.69) is 15.0 Å². The van der Waals surface area contributed by atoms with Crippen LogP contribution in [0.4, 0.5) is 4.79 Å². The molecule has 2 rings (SSSR count). The molecule has 0 fully saturated rings. The predicted octanol–water partition coefficient (Wildman–Crippen LogP) is 0.853. The maximum Gasteiger partial charge on any atom is 0.408 e. The molecule has 1 amide bonds. The average molecular weight is 206 g/mol. The van der Waals surface area contributed by atoms with Crippen molar-refractivity contribution in [3.05, 3.63) is 30.6 Å². The summed E-state index contributed by atoms with van der Waals surface area (Å²) in [7, 11) is 0. The highest BCUT2D eigenvalue weighted by Crippen LogP contribution is 2.24. The van der Waals surface area contributed by atoms with Gasteiger partial charge in [0.05, 0.1) is 6.04 Å². The maximum absolute atomic E-state index is 11.0. The Hall–Kier alpha value is -1.98. The first-order chi connectivity index (χ1) is 7.29. The van der Waals surface area contributed by atoms with E-state index in [1.54, 1.807) is 0 Å². The van der Waals surface area contributed by atoms with Crippen LogP contribution < -0.4 is 0 Å². The van der Waals surface area contributed by atoms with Gasteiger partial charge in [0.1, 0.15) is 12.7 Å². The molecule has 0 spiro atoms. The second-order valence-electron chi connectivity index (χ2n) is 3.15. The molecule has 0 aromatic carbocycles. The van der Waals surface area contributed by atoms with Crippen molar-refractivity contribution in [1.82, 2.24) is 19.9 Å². The summed E-state index contributed by atoms with van der Waals surface area (Å²) in [5.74, 6) is 0.497. The lowest BCUT2D eigenvalue weighted by Gasteiger charge is -2.28. The number of hydrogen-bond donors (Lipinski definition) is 1. The third kappa shape index (κ3) is 1.93. The van der Waals surface area contributed by atoms with E-state index in [0.717, 1.165) is 0 Å². The molecule has 1 aromatic heterocycles. The van der Waals surface area contributed by atoms with Crippen molar-refractivity contribution >= 4 is 6.09 Å². The quantitative estimate of drug-likeness (QED) is 0.689. The zero-order valence-corrected chi connectivity index (χ0v) is 7.95. The highest BCUT2D eigenvalue weighted by molar-refractivity contribution is 5.66. The van der Waals surface area contributed by atoms with Gasteiger partial charge in [0.15, 0.2) is 5.82 Å². The van der Waals surface area contributed by atoms with Gasteiger partial charge in [-0.1, -0.05) is 12.2 Å². The third-order valence-corrected chi connectivity index (χ3v) is 2.26. The Kier molecular flexibility index (Phi) is 2.57. The standard InChI is InChI=1S/C9H10N4O2/c14-9(15)13-4-2-1-3-7(13)8-11-5-10-6-12-8/h1-2,5-7H,3-4H2,(H,14,15). The van der Waals surface area contributed by atoms with Crippen LogP contribution in [0.25, 0.3) is 0 Å². The van der Waals surface area contributed by atoms with E-state index < -0.39 is 6.09 Å². The molecule has 2 heterocycles. The molecule has 1 N–H and O–H groups in total. The Morgan fingerprint density at radius 1 is 1.40 bits per heavy atom. The number of carboxylic acid groups (broad SMARTS) is 1. The Morgan fingerprint density at radius 3 is 2.80 bits per heavy atom. The SMILES string of the molecule is O=C(O)N1CC=CCC1c1ncncn1. The van der Waals surface area contributed by atoms with Gasteiger partial charge in [-0.2, -0.15) is 0 Å². The van der Waals surface area contributed by atoms with Crippen molar-refractivity contribution in [3.63, 3.8) is 0 Å². The number of hydrogen-bond acceptors (Lipinski definition) is 4.